The fourth-order valence-electron chi connectivity index (χ4n) is 2.17. The van der Waals surface area contributed by atoms with E-state index in [1.807, 2.05) is 0 Å². The highest BCUT2D eigenvalue weighted by Crippen LogP contribution is 2.22. The second kappa shape index (κ2) is 11.3. The number of hydrogen-bond donors (Lipinski definition) is 0. The van der Waals surface area contributed by atoms with E-state index < -0.39 is 0 Å². The smallest absolute Gasteiger partial charge is 0.211 e. The average Bonchev–Trinajstić information content (AvgIpc) is 2.60. The highest BCUT2D eigenvalue weighted by molar-refractivity contribution is 5.55. The molecule has 0 radical (unpaired) electrons. The van der Waals surface area contributed by atoms with E-state index >= 15 is 0 Å². The number of isocyanates is 4. The van der Waals surface area contributed by atoms with Crippen LogP contribution in [0.2, 0.25) is 0 Å². The maximum Gasteiger partial charge on any atom is 0.240 e. The first-order valence-electron chi connectivity index (χ1n) is 7.13. The van der Waals surface area contributed by atoms with Gasteiger partial charge < -0.3 is 0 Å². The van der Waals surface area contributed by atoms with Crippen LogP contribution < -0.4 is 0 Å². The molecule has 1 aromatic rings. The summed E-state index contributed by atoms with van der Waals surface area (Å²) < 4.78 is 0. The van der Waals surface area contributed by atoms with Gasteiger partial charge in [-0.1, -0.05) is 0 Å². The molecule has 0 bridgehead atoms. The molecule has 0 unspecified atom stereocenters. The third kappa shape index (κ3) is 7.14. The van der Waals surface area contributed by atoms with Crippen LogP contribution >= 0.6 is 0 Å². The third-order valence-corrected chi connectivity index (χ3v) is 3.34. The van der Waals surface area contributed by atoms with Gasteiger partial charge in [0.1, 0.15) is 0 Å². The molecular weight excluding hydrogens is 312 g/mol. The summed E-state index contributed by atoms with van der Waals surface area (Å²) in [5.74, 6) is 0. The first-order chi connectivity index (χ1) is 11.7. The van der Waals surface area contributed by atoms with Crippen molar-refractivity contribution in [1.82, 2.24) is 0 Å². The van der Waals surface area contributed by atoms with Gasteiger partial charge in [-0.15, -0.1) is 0 Å². The van der Waals surface area contributed by atoms with E-state index in [0.29, 0.717) is 11.4 Å². The summed E-state index contributed by atoms with van der Waals surface area (Å²) in [5, 5.41) is 0. The van der Waals surface area contributed by atoms with Crippen molar-refractivity contribution in [2.24, 2.45) is 20.0 Å². The minimum absolute atomic E-state index is 0.0978. The maximum absolute atomic E-state index is 9.90. The molecular formula is C16H14N4O4. The lowest BCUT2D eigenvalue weighted by molar-refractivity contribution is 0.394. The molecule has 8 nitrogen and oxygen atoms in total. The number of aliphatic imine (C=N–C) groups is 4. The summed E-state index contributed by atoms with van der Waals surface area (Å²) >= 11 is 0. The molecule has 0 amide bonds. The lowest BCUT2D eigenvalue weighted by Crippen LogP contribution is -2.19. The summed E-state index contributed by atoms with van der Waals surface area (Å²) in [4.78, 5) is 53.4. The van der Waals surface area contributed by atoms with E-state index in [-0.39, 0.29) is 12.1 Å². The maximum atomic E-state index is 9.90. The van der Waals surface area contributed by atoms with Gasteiger partial charge in [0.05, 0.1) is 23.5 Å². The van der Waals surface area contributed by atoms with Gasteiger partial charge in [0.2, 0.25) is 24.3 Å². The monoisotopic (exact) mass is 326 g/mol. The summed E-state index contributed by atoms with van der Waals surface area (Å²) in [7, 11) is 0. The Balaban J connectivity index is 0.000000240. The Morgan fingerprint density at radius 1 is 0.625 bits per heavy atom. The van der Waals surface area contributed by atoms with E-state index in [1.54, 1.807) is 36.4 Å². The zero-order chi connectivity index (χ0) is 17.6. The minimum Gasteiger partial charge on any atom is -0.211 e. The highest BCUT2D eigenvalue weighted by Gasteiger charge is 2.19. The molecule has 0 heterocycles. The molecule has 1 aliphatic rings. The first-order valence-corrected chi connectivity index (χ1v) is 7.13. The van der Waals surface area contributed by atoms with E-state index in [4.69, 9.17) is 0 Å². The van der Waals surface area contributed by atoms with Crippen LogP contribution in [0.5, 0.6) is 0 Å². The fourth-order valence-corrected chi connectivity index (χ4v) is 2.17. The van der Waals surface area contributed by atoms with Gasteiger partial charge in [-0.25, -0.2) is 29.2 Å². The SMILES string of the molecule is O=C=NC1CCC(N=C=O)CC1.O=C=Nc1ccc(N=C=O)cc1. The van der Waals surface area contributed by atoms with Crippen molar-refractivity contribution in [3.8, 4) is 0 Å². The summed E-state index contributed by atoms with van der Waals surface area (Å²) in [5.41, 5.74) is 0.963. The Labute approximate surface area is 137 Å². The molecule has 0 saturated heterocycles. The molecule has 1 aromatic carbocycles. The van der Waals surface area contributed by atoms with Crippen molar-refractivity contribution in [2.45, 2.75) is 37.8 Å². The van der Waals surface area contributed by atoms with Crippen LogP contribution in [0.25, 0.3) is 0 Å². The number of hydrogen-bond acceptors (Lipinski definition) is 8. The van der Waals surface area contributed by atoms with Crippen LogP contribution in [0.4, 0.5) is 11.4 Å². The number of benzene rings is 1. The predicted octanol–water partition coefficient (Wildman–Crippen LogP) is 2.59. The zero-order valence-electron chi connectivity index (χ0n) is 12.7. The lowest BCUT2D eigenvalue weighted by atomic mass is 9.92. The molecule has 0 N–H and O–H groups in total. The first kappa shape index (κ1) is 18.8. The van der Waals surface area contributed by atoms with Crippen LogP contribution in [0.1, 0.15) is 25.7 Å². The second-order valence-corrected chi connectivity index (χ2v) is 4.83. The zero-order valence-corrected chi connectivity index (χ0v) is 12.7. The Hall–Kier alpha value is -3.26. The van der Waals surface area contributed by atoms with Gasteiger partial charge in [-0.3, -0.25) is 0 Å². The van der Waals surface area contributed by atoms with E-state index in [2.05, 4.69) is 20.0 Å². The quantitative estimate of drug-likeness (QED) is 0.624. The van der Waals surface area contributed by atoms with Crippen molar-refractivity contribution in [2.75, 3.05) is 0 Å². The number of rotatable bonds is 4. The Kier molecular flexibility index (Phi) is 8.87. The van der Waals surface area contributed by atoms with Gasteiger partial charge in [-0.2, -0.15) is 9.98 Å². The lowest BCUT2D eigenvalue weighted by Gasteiger charge is -2.20. The summed E-state index contributed by atoms with van der Waals surface area (Å²) in [6, 6.07) is 6.42. The van der Waals surface area contributed by atoms with Crippen LogP contribution in [0.3, 0.4) is 0 Å². The Morgan fingerprint density at radius 3 is 1.21 bits per heavy atom. The number of carbonyl (C=O) groups excluding carboxylic acids is 4. The van der Waals surface area contributed by atoms with Crippen molar-refractivity contribution < 1.29 is 19.2 Å². The van der Waals surface area contributed by atoms with E-state index in [1.165, 1.54) is 12.2 Å². The van der Waals surface area contributed by atoms with Gasteiger partial charge in [0.25, 0.3) is 0 Å². The second-order valence-electron chi connectivity index (χ2n) is 4.83. The molecule has 8 heteroatoms. The molecule has 0 spiro atoms. The molecule has 1 aliphatic carbocycles. The average molecular weight is 326 g/mol. The molecule has 1 saturated carbocycles. The van der Waals surface area contributed by atoms with Crippen molar-refractivity contribution >= 4 is 35.7 Å². The normalized spacial score (nSPS) is 18.2. The Morgan fingerprint density at radius 2 is 0.958 bits per heavy atom. The van der Waals surface area contributed by atoms with Gasteiger partial charge in [0.15, 0.2) is 0 Å². The summed E-state index contributed by atoms with van der Waals surface area (Å²) in [6.07, 6.45) is 9.21. The van der Waals surface area contributed by atoms with E-state index in [9.17, 15) is 19.2 Å². The van der Waals surface area contributed by atoms with Gasteiger partial charge in [-0.05, 0) is 49.9 Å². The molecule has 0 aromatic heterocycles. The number of nitrogens with zero attached hydrogens (tertiary/aromatic N) is 4. The van der Waals surface area contributed by atoms with Crippen LogP contribution in [-0.4, -0.2) is 36.4 Å². The standard InChI is InChI=1S/C8H10N2O2.C8H4N2O2/c2*11-5-9-7-1-2-8(4-3-7)10-6-12/h7-8H,1-4H2;1-4H. The minimum atomic E-state index is 0.0978. The van der Waals surface area contributed by atoms with Crippen LogP contribution in [0, 0.1) is 0 Å². The summed E-state index contributed by atoms with van der Waals surface area (Å²) in [6.45, 7) is 0. The third-order valence-electron chi connectivity index (χ3n) is 3.34. The molecule has 122 valence electrons. The molecule has 1 fully saturated rings. The molecule has 0 aliphatic heterocycles. The van der Waals surface area contributed by atoms with Gasteiger partial charge >= 0.3 is 0 Å². The van der Waals surface area contributed by atoms with E-state index in [0.717, 1.165) is 25.7 Å². The highest BCUT2D eigenvalue weighted by atomic mass is 16.1. The molecule has 0 atom stereocenters. The fraction of sp³-hybridized carbons (Fsp3) is 0.375. The van der Waals surface area contributed by atoms with Crippen molar-refractivity contribution in [3.63, 3.8) is 0 Å². The van der Waals surface area contributed by atoms with Crippen LogP contribution in [0.15, 0.2) is 44.2 Å². The van der Waals surface area contributed by atoms with Crippen molar-refractivity contribution in [3.05, 3.63) is 24.3 Å². The Bertz CT molecular complexity index is 650. The molecule has 24 heavy (non-hydrogen) atoms. The van der Waals surface area contributed by atoms with Crippen molar-refractivity contribution in [1.29, 1.82) is 0 Å². The topological polar surface area (TPSA) is 118 Å². The van der Waals surface area contributed by atoms with Gasteiger partial charge in [0, 0.05) is 0 Å². The van der Waals surface area contributed by atoms with Crippen LogP contribution in [-0.2, 0) is 19.2 Å². The largest absolute Gasteiger partial charge is 0.240 e. The molecule has 2 rings (SSSR count). The predicted molar refractivity (Wildman–Crippen MR) is 84.3 cm³/mol.